The topological polar surface area (TPSA) is 58.2 Å². The number of carbonyl (C=O) groups is 2. The molecule has 2 amide bonds. The number of aryl methyl sites for hydroxylation is 1. The highest BCUT2D eigenvalue weighted by Gasteiger charge is 2.26. The number of thiophene rings is 1. The smallest absolute Gasteiger partial charge is 0.262 e. The van der Waals surface area contributed by atoms with Crippen molar-refractivity contribution in [3.63, 3.8) is 0 Å². The fourth-order valence-corrected chi connectivity index (χ4v) is 3.93. The Morgan fingerprint density at radius 1 is 1.04 bits per heavy atom. The summed E-state index contributed by atoms with van der Waals surface area (Å²) >= 11 is 1.09. The number of likely N-dealkylation sites (N-methyl/N-ethyl adjacent to an activating group) is 1. The van der Waals surface area contributed by atoms with Crippen LogP contribution in [0.2, 0.25) is 0 Å². The number of hydrogen-bond acceptors (Lipinski definition) is 3. The fourth-order valence-electron chi connectivity index (χ4n) is 2.80. The van der Waals surface area contributed by atoms with Gasteiger partial charge in [0.25, 0.3) is 5.91 Å². The Labute approximate surface area is 157 Å². The first-order chi connectivity index (χ1) is 12.8. The Kier molecular flexibility index (Phi) is 5.18. The molecular weight excluding hydrogens is 377 g/mol. The van der Waals surface area contributed by atoms with Crippen LogP contribution in [-0.4, -0.2) is 18.9 Å². The van der Waals surface area contributed by atoms with E-state index in [2.05, 4.69) is 10.6 Å². The lowest BCUT2D eigenvalue weighted by Gasteiger charge is -2.18. The van der Waals surface area contributed by atoms with Crippen LogP contribution in [0.4, 0.5) is 13.2 Å². The summed E-state index contributed by atoms with van der Waals surface area (Å²) in [4.78, 5) is 25.2. The molecule has 8 heteroatoms. The number of benzene rings is 2. The molecule has 3 rings (SSSR count). The van der Waals surface area contributed by atoms with Gasteiger partial charge in [-0.1, -0.05) is 12.1 Å². The number of rotatable bonds is 4. The lowest BCUT2D eigenvalue weighted by atomic mass is 10.1. The van der Waals surface area contributed by atoms with Crippen LogP contribution in [-0.2, 0) is 4.79 Å². The van der Waals surface area contributed by atoms with Crippen molar-refractivity contribution in [1.82, 2.24) is 10.6 Å². The van der Waals surface area contributed by atoms with Crippen LogP contribution >= 0.6 is 11.3 Å². The third-order valence-electron chi connectivity index (χ3n) is 4.17. The molecule has 27 heavy (non-hydrogen) atoms. The van der Waals surface area contributed by atoms with E-state index in [1.165, 1.54) is 19.2 Å². The quantitative estimate of drug-likeness (QED) is 0.709. The first kappa shape index (κ1) is 18.9. The van der Waals surface area contributed by atoms with Crippen molar-refractivity contribution >= 4 is 33.2 Å². The lowest BCUT2D eigenvalue weighted by Crippen LogP contribution is -2.39. The van der Waals surface area contributed by atoms with Gasteiger partial charge in [-0.15, -0.1) is 11.3 Å². The fraction of sp³-hybridized carbons (Fsp3) is 0.158. The number of nitrogens with one attached hydrogen (secondary N) is 2. The molecule has 0 aliphatic carbocycles. The van der Waals surface area contributed by atoms with E-state index in [0.29, 0.717) is 15.6 Å². The molecule has 4 nitrogen and oxygen atoms in total. The molecular formula is C19H15F3N2O2S. The monoisotopic (exact) mass is 392 g/mol. The molecule has 1 aromatic heterocycles. The second-order valence-electron chi connectivity index (χ2n) is 5.86. The summed E-state index contributed by atoms with van der Waals surface area (Å²) in [5.41, 5.74) is 0.540. The summed E-state index contributed by atoms with van der Waals surface area (Å²) in [5.74, 6) is -3.83. The van der Waals surface area contributed by atoms with E-state index in [9.17, 15) is 22.8 Å². The maximum atomic E-state index is 14.0. The number of carbonyl (C=O) groups excluding carboxylic acids is 2. The van der Waals surface area contributed by atoms with E-state index in [1.807, 2.05) is 0 Å². The molecule has 0 aliphatic heterocycles. The summed E-state index contributed by atoms with van der Waals surface area (Å²) in [6.45, 7) is 1.61. The van der Waals surface area contributed by atoms with E-state index in [1.54, 1.807) is 19.1 Å². The van der Waals surface area contributed by atoms with E-state index in [-0.39, 0.29) is 10.4 Å². The van der Waals surface area contributed by atoms with Gasteiger partial charge in [-0.25, -0.2) is 13.2 Å². The zero-order valence-electron chi connectivity index (χ0n) is 14.4. The van der Waals surface area contributed by atoms with Gasteiger partial charge in [0.2, 0.25) is 5.91 Å². The van der Waals surface area contributed by atoms with Crippen LogP contribution in [0.3, 0.4) is 0 Å². The molecule has 1 heterocycles. The molecule has 2 aromatic carbocycles. The molecule has 0 aliphatic rings. The molecule has 1 unspecified atom stereocenters. The molecule has 1 atom stereocenters. The maximum absolute atomic E-state index is 14.0. The van der Waals surface area contributed by atoms with Gasteiger partial charge >= 0.3 is 0 Å². The number of halogens is 3. The second kappa shape index (κ2) is 7.40. The van der Waals surface area contributed by atoms with Crippen LogP contribution < -0.4 is 10.6 Å². The van der Waals surface area contributed by atoms with Crippen molar-refractivity contribution in [3.05, 3.63) is 69.9 Å². The van der Waals surface area contributed by atoms with E-state index < -0.39 is 35.3 Å². The highest BCUT2D eigenvalue weighted by molar-refractivity contribution is 7.21. The van der Waals surface area contributed by atoms with E-state index in [4.69, 9.17) is 0 Å². The zero-order chi connectivity index (χ0) is 19.7. The van der Waals surface area contributed by atoms with Crippen LogP contribution in [0.1, 0.15) is 26.8 Å². The lowest BCUT2D eigenvalue weighted by molar-refractivity contribution is -0.122. The predicted molar refractivity (Wildman–Crippen MR) is 97.2 cm³/mol. The predicted octanol–water partition coefficient (Wildman–Crippen LogP) is 3.84. The highest BCUT2D eigenvalue weighted by atomic mass is 32.1. The van der Waals surface area contributed by atoms with Crippen molar-refractivity contribution < 1.29 is 22.8 Å². The molecule has 0 radical (unpaired) electrons. The van der Waals surface area contributed by atoms with Crippen molar-refractivity contribution in [2.75, 3.05) is 7.05 Å². The van der Waals surface area contributed by atoms with Crippen molar-refractivity contribution in [2.45, 2.75) is 13.0 Å². The Hall–Kier alpha value is -2.87. The van der Waals surface area contributed by atoms with Crippen LogP contribution in [0.5, 0.6) is 0 Å². The average molecular weight is 392 g/mol. The zero-order valence-corrected chi connectivity index (χ0v) is 15.2. The SMILES string of the molecule is CNC(=O)C(NC(=O)c1sc2cccc(F)c2c1C)c1ccc(F)c(F)c1. The Bertz CT molecular complexity index is 1050. The minimum atomic E-state index is -1.23. The minimum absolute atomic E-state index is 0.0894. The van der Waals surface area contributed by atoms with E-state index in [0.717, 1.165) is 23.5 Å². The molecule has 0 bridgehead atoms. The van der Waals surface area contributed by atoms with Gasteiger partial charge in [0.15, 0.2) is 11.6 Å². The summed E-state index contributed by atoms with van der Waals surface area (Å²) < 4.78 is 41.4. The Morgan fingerprint density at radius 3 is 2.41 bits per heavy atom. The summed E-state index contributed by atoms with van der Waals surface area (Å²) in [5, 5.41) is 5.24. The van der Waals surface area contributed by atoms with Crippen LogP contribution in [0.25, 0.3) is 10.1 Å². The van der Waals surface area contributed by atoms with Gasteiger partial charge in [-0.3, -0.25) is 9.59 Å². The average Bonchev–Trinajstić information content (AvgIpc) is 2.99. The standard InChI is InChI=1S/C19H15F3N2O2S/c1-9-15-12(21)4-3-5-14(15)27-17(9)19(26)24-16(18(25)23-2)10-6-7-11(20)13(22)8-10/h3-8,16H,1-2H3,(H,23,25)(H,24,26). The molecule has 0 saturated heterocycles. The molecule has 0 fully saturated rings. The third-order valence-corrected chi connectivity index (χ3v) is 5.43. The Balaban J connectivity index is 1.98. The molecule has 0 spiro atoms. The summed E-state index contributed by atoms with van der Waals surface area (Å²) in [7, 11) is 1.36. The van der Waals surface area contributed by atoms with Crippen molar-refractivity contribution in [2.24, 2.45) is 0 Å². The molecule has 3 aromatic rings. The minimum Gasteiger partial charge on any atom is -0.357 e. The highest BCUT2D eigenvalue weighted by Crippen LogP contribution is 2.33. The first-order valence-electron chi connectivity index (χ1n) is 7.98. The largest absolute Gasteiger partial charge is 0.357 e. The van der Waals surface area contributed by atoms with Crippen molar-refractivity contribution in [3.8, 4) is 0 Å². The molecule has 2 N–H and O–H groups in total. The van der Waals surface area contributed by atoms with E-state index >= 15 is 0 Å². The van der Waals surface area contributed by atoms with Gasteiger partial charge < -0.3 is 10.6 Å². The normalized spacial score (nSPS) is 12.0. The molecule has 0 saturated carbocycles. The van der Waals surface area contributed by atoms with Crippen molar-refractivity contribution in [1.29, 1.82) is 0 Å². The second-order valence-corrected chi connectivity index (χ2v) is 6.92. The van der Waals surface area contributed by atoms with Crippen LogP contribution in [0, 0.1) is 24.4 Å². The van der Waals surface area contributed by atoms with Gasteiger partial charge in [-0.2, -0.15) is 0 Å². The number of fused-ring (bicyclic) bond motifs is 1. The third kappa shape index (κ3) is 3.52. The first-order valence-corrected chi connectivity index (χ1v) is 8.80. The van der Waals surface area contributed by atoms with Crippen LogP contribution in [0.15, 0.2) is 36.4 Å². The summed E-state index contributed by atoms with van der Waals surface area (Å²) in [6, 6.07) is 6.27. The van der Waals surface area contributed by atoms with Gasteiger partial charge in [0.1, 0.15) is 11.9 Å². The Morgan fingerprint density at radius 2 is 1.78 bits per heavy atom. The maximum Gasteiger partial charge on any atom is 0.262 e. The van der Waals surface area contributed by atoms with Gasteiger partial charge in [0.05, 0.1) is 4.88 Å². The van der Waals surface area contributed by atoms with Gasteiger partial charge in [0, 0.05) is 17.1 Å². The summed E-state index contributed by atoms with van der Waals surface area (Å²) in [6.07, 6.45) is 0. The van der Waals surface area contributed by atoms with Gasteiger partial charge in [-0.05, 0) is 42.3 Å². The molecule has 140 valence electrons. The number of amides is 2. The number of hydrogen-bond donors (Lipinski definition) is 2.